The van der Waals surface area contributed by atoms with Gasteiger partial charge in [0, 0.05) is 42.0 Å². The van der Waals surface area contributed by atoms with E-state index in [0.717, 1.165) is 0 Å². The van der Waals surface area contributed by atoms with Gasteiger partial charge in [-0.3, -0.25) is 14.4 Å². The number of ether oxygens (including phenoxy) is 3. The number of phenols is 2. The highest BCUT2D eigenvalue weighted by Gasteiger charge is 2.50. The molecule has 0 amide bonds. The van der Waals surface area contributed by atoms with E-state index < -0.39 is 77.4 Å². The first-order chi connectivity index (χ1) is 18.4. The normalized spacial score (nSPS) is 29.8. The lowest BCUT2D eigenvalue weighted by Gasteiger charge is -2.42. The van der Waals surface area contributed by atoms with E-state index in [2.05, 4.69) is 0 Å². The maximum absolute atomic E-state index is 13.7. The number of hydrogen-bond acceptors (Lipinski definition) is 11. The van der Waals surface area contributed by atoms with E-state index in [0.29, 0.717) is 0 Å². The molecule has 0 spiro atoms. The Labute approximate surface area is 224 Å². The van der Waals surface area contributed by atoms with Gasteiger partial charge in [-0.25, -0.2) is 0 Å². The molecule has 1 aliphatic heterocycles. The van der Waals surface area contributed by atoms with Crippen LogP contribution < -0.4 is 10.5 Å². The molecule has 0 saturated carbocycles. The topological polar surface area (TPSA) is 186 Å². The number of aliphatic hydroxyl groups excluding tert-OH is 1. The van der Waals surface area contributed by atoms with Crippen LogP contribution in [0.5, 0.6) is 17.2 Å². The first kappa shape index (κ1) is 27.2. The lowest BCUT2D eigenvalue weighted by Crippen LogP contribution is -2.50. The Morgan fingerprint density at radius 3 is 2.46 bits per heavy atom. The van der Waals surface area contributed by atoms with E-state index in [1.165, 1.54) is 25.3 Å². The highest BCUT2D eigenvalue weighted by Crippen LogP contribution is 2.52. The molecule has 2 aliphatic carbocycles. The van der Waals surface area contributed by atoms with E-state index >= 15 is 0 Å². The third-order valence-corrected chi connectivity index (χ3v) is 8.30. The van der Waals surface area contributed by atoms with E-state index in [4.69, 9.17) is 19.9 Å². The Morgan fingerprint density at radius 1 is 1.13 bits per heavy atom. The maximum atomic E-state index is 13.7. The number of phenolic OH excluding ortho intramolecular Hbond substituents is 2. The van der Waals surface area contributed by atoms with Crippen molar-refractivity contribution in [1.82, 2.24) is 0 Å². The Bertz CT molecular complexity index is 1380. The number of carbonyl (C=O) groups excluding carboxylic acids is 3. The number of aliphatic hydroxyl groups is 2. The lowest BCUT2D eigenvalue weighted by atomic mass is 9.72. The van der Waals surface area contributed by atoms with Gasteiger partial charge in [-0.2, -0.15) is 0 Å². The average molecular weight is 542 g/mol. The van der Waals surface area contributed by atoms with Gasteiger partial charge < -0.3 is 40.4 Å². The van der Waals surface area contributed by atoms with Gasteiger partial charge in [0.1, 0.15) is 29.5 Å². The molecule has 1 saturated heterocycles. The second-order valence-corrected chi connectivity index (χ2v) is 10.5. The second kappa shape index (κ2) is 9.68. The summed E-state index contributed by atoms with van der Waals surface area (Å²) >= 11 is 0. The Morgan fingerprint density at radius 2 is 1.82 bits per heavy atom. The molecule has 2 aromatic carbocycles. The number of nitrogens with two attached hydrogens (primary N) is 1. The largest absolute Gasteiger partial charge is 0.507 e. The van der Waals surface area contributed by atoms with E-state index in [9.17, 15) is 34.8 Å². The van der Waals surface area contributed by atoms with Crippen LogP contribution in [0.2, 0.25) is 0 Å². The van der Waals surface area contributed by atoms with Crippen molar-refractivity contribution in [2.24, 2.45) is 11.7 Å². The first-order valence-corrected chi connectivity index (χ1v) is 12.7. The van der Waals surface area contributed by atoms with Gasteiger partial charge >= 0.3 is 0 Å². The number of ketones is 3. The van der Waals surface area contributed by atoms with Crippen LogP contribution >= 0.6 is 0 Å². The number of methoxy groups -OCH3 is 1. The summed E-state index contributed by atoms with van der Waals surface area (Å²) in [5.41, 5.74) is 2.91. The molecule has 39 heavy (non-hydrogen) atoms. The smallest absolute Gasteiger partial charge is 0.202 e. The van der Waals surface area contributed by atoms with Crippen LogP contribution in [0.4, 0.5) is 0 Å². The zero-order valence-corrected chi connectivity index (χ0v) is 21.8. The van der Waals surface area contributed by atoms with Crippen molar-refractivity contribution in [3.05, 3.63) is 51.6 Å². The molecule has 5 rings (SSSR count). The quantitative estimate of drug-likeness (QED) is 0.293. The fourth-order valence-electron chi connectivity index (χ4n) is 5.87. The average Bonchev–Trinajstić information content (AvgIpc) is 2.90. The molecule has 6 atom stereocenters. The lowest BCUT2D eigenvalue weighted by molar-refractivity contribution is -0.236. The van der Waals surface area contributed by atoms with Gasteiger partial charge in [0.05, 0.1) is 36.0 Å². The zero-order valence-electron chi connectivity index (χ0n) is 21.8. The minimum Gasteiger partial charge on any atom is -0.507 e. The molecule has 11 heteroatoms. The Hall–Kier alpha value is -3.35. The second-order valence-electron chi connectivity index (χ2n) is 10.5. The molecular formula is C28H31NO10. The van der Waals surface area contributed by atoms with Crippen LogP contribution in [0.15, 0.2) is 18.2 Å². The summed E-state index contributed by atoms with van der Waals surface area (Å²) in [5.74, 6) is -3.53. The van der Waals surface area contributed by atoms with Crippen LogP contribution in [-0.2, 0) is 20.7 Å². The molecule has 11 nitrogen and oxygen atoms in total. The highest BCUT2D eigenvalue weighted by atomic mass is 16.7. The van der Waals surface area contributed by atoms with Crippen LogP contribution in [0.25, 0.3) is 0 Å². The number of hydrogen-bond donors (Lipinski definition) is 5. The predicted molar refractivity (Wildman–Crippen MR) is 135 cm³/mol. The van der Waals surface area contributed by atoms with Gasteiger partial charge in [0.15, 0.2) is 17.9 Å². The van der Waals surface area contributed by atoms with Crippen molar-refractivity contribution < 1.29 is 49.0 Å². The van der Waals surface area contributed by atoms with Gasteiger partial charge in [-0.1, -0.05) is 19.1 Å². The molecule has 6 N–H and O–H groups in total. The maximum Gasteiger partial charge on any atom is 0.202 e. The Balaban J connectivity index is 1.69. The fourth-order valence-corrected chi connectivity index (χ4v) is 5.87. The third-order valence-electron chi connectivity index (χ3n) is 8.30. The monoisotopic (exact) mass is 541 g/mol. The summed E-state index contributed by atoms with van der Waals surface area (Å²) in [6.07, 6.45) is -3.11. The SMILES string of the molecule is COc1cccc2c1C(=O)c1c(O)c3c(c(O)c1C2=O)C[C@@](O)(C(=O)CO)C[C@@H]3OC1C[C@H](N)[C@H](C)[C@H](C)O1. The number of rotatable bonds is 5. The van der Waals surface area contributed by atoms with Gasteiger partial charge in [0.25, 0.3) is 0 Å². The van der Waals surface area contributed by atoms with Crippen molar-refractivity contribution in [3.63, 3.8) is 0 Å². The first-order valence-electron chi connectivity index (χ1n) is 12.7. The summed E-state index contributed by atoms with van der Waals surface area (Å²) in [6.45, 7) is 2.78. The van der Waals surface area contributed by atoms with Crippen LogP contribution in [0.3, 0.4) is 0 Å². The van der Waals surface area contributed by atoms with E-state index in [1.807, 2.05) is 13.8 Å². The number of aromatic hydroxyl groups is 2. The van der Waals surface area contributed by atoms with Crippen molar-refractivity contribution in [1.29, 1.82) is 0 Å². The van der Waals surface area contributed by atoms with Crippen LogP contribution in [0.1, 0.15) is 75.8 Å². The summed E-state index contributed by atoms with van der Waals surface area (Å²) in [7, 11) is 1.34. The van der Waals surface area contributed by atoms with Crippen LogP contribution in [-0.4, -0.2) is 75.5 Å². The zero-order chi connectivity index (χ0) is 28.4. The summed E-state index contributed by atoms with van der Waals surface area (Å²) in [6, 6.07) is 4.14. The standard InChI is InChI=1S/C28H31NO10/c1-11-12(2)38-19(7-15(11)29)39-17-9-28(36,18(31)10-30)8-14-21(17)27(35)23-22(25(14)33)24(32)13-5-4-6-16(37-3)20(13)26(23)34/h4-6,11-12,15,17,19,30,33,35-36H,7-10,29H2,1-3H3/t11-,12+,15+,17+,19?,28+/m1/s1. The van der Waals surface area contributed by atoms with Gasteiger partial charge in [-0.15, -0.1) is 0 Å². The minimum absolute atomic E-state index is 0.0274. The fraction of sp³-hybridized carbons (Fsp3) is 0.464. The third kappa shape index (κ3) is 4.12. The van der Waals surface area contributed by atoms with Crippen LogP contribution in [0, 0.1) is 5.92 Å². The predicted octanol–water partition coefficient (Wildman–Crippen LogP) is 1.28. The van der Waals surface area contributed by atoms with Crippen molar-refractivity contribution in [3.8, 4) is 17.2 Å². The molecule has 1 heterocycles. The molecule has 3 aliphatic rings. The van der Waals surface area contributed by atoms with Crippen molar-refractivity contribution in [2.75, 3.05) is 13.7 Å². The number of fused-ring (bicyclic) bond motifs is 3. The number of Topliss-reactive ketones (excluding diaryl/α,β-unsaturated/α-hetero) is 1. The molecule has 0 aromatic heterocycles. The highest BCUT2D eigenvalue weighted by molar-refractivity contribution is 6.31. The summed E-state index contributed by atoms with van der Waals surface area (Å²) in [5, 5.41) is 43.7. The summed E-state index contributed by atoms with van der Waals surface area (Å²) in [4.78, 5) is 39.8. The number of carbonyl (C=O) groups is 3. The van der Waals surface area contributed by atoms with Gasteiger partial charge in [-0.05, 0) is 18.9 Å². The van der Waals surface area contributed by atoms with Gasteiger partial charge in [0.2, 0.25) is 5.78 Å². The van der Waals surface area contributed by atoms with E-state index in [1.54, 1.807) is 0 Å². The minimum atomic E-state index is -2.19. The molecule has 2 aromatic rings. The Kier molecular flexibility index (Phi) is 6.76. The summed E-state index contributed by atoms with van der Waals surface area (Å²) < 4.78 is 17.4. The molecule has 0 radical (unpaired) electrons. The van der Waals surface area contributed by atoms with E-state index in [-0.39, 0.29) is 52.5 Å². The number of benzene rings is 2. The van der Waals surface area contributed by atoms with Crippen molar-refractivity contribution >= 4 is 17.3 Å². The molecule has 208 valence electrons. The molecule has 0 bridgehead atoms. The molecular weight excluding hydrogens is 510 g/mol. The molecule has 1 unspecified atom stereocenters. The molecule has 1 fully saturated rings. The van der Waals surface area contributed by atoms with Crippen molar-refractivity contribution in [2.45, 2.75) is 63.3 Å².